The summed E-state index contributed by atoms with van der Waals surface area (Å²) in [6.45, 7) is 1.88. The van der Waals surface area contributed by atoms with E-state index in [1.165, 1.54) is 11.8 Å². The second kappa shape index (κ2) is 6.59. The summed E-state index contributed by atoms with van der Waals surface area (Å²) >= 11 is 7.41. The van der Waals surface area contributed by atoms with E-state index in [1.807, 2.05) is 37.3 Å². The smallest absolute Gasteiger partial charge is 0.234 e. The molecule has 0 fully saturated rings. The van der Waals surface area contributed by atoms with Crippen molar-refractivity contribution in [2.75, 3.05) is 11.1 Å². The third kappa shape index (κ3) is 3.98. The third-order valence-electron chi connectivity index (χ3n) is 2.53. The van der Waals surface area contributed by atoms with E-state index in [2.05, 4.69) is 10.3 Å². The number of carbonyl (C=O) groups excluding carboxylic acids is 1. The lowest BCUT2D eigenvalue weighted by atomic mass is 10.2. The standard InChI is InChI=1S/C14H13ClN2OS/c1-10-11(15)5-4-6-12(10)17-13(18)9-19-14-7-2-3-8-16-14/h2-8H,9H2,1H3,(H,17,18). The van der Waals surface area contributed by atoms with Gasteiger partial charge in [-0.3, -0.25) is 4.79 Å². The average Bonchev–Trinajstić information content (AvgIpc) is 2.43. The van der Waals surface area contributed by atoms with Crippen LogP contribution in [0.2, 0.25) is 5.02 Å². The Morgan fingerprint density at radius 2 is 2.16 bits per heavy atom. The van der Waals surface area contributed by atoms with Crippen LogP contribution in [0.25, 0.3) is 0 Å². The van der Waals surface area contributed by atoms with Gasteiger partial charge in [-0.15, -0.1) is 0 Å². The SMILES string of the molecule is Cc1c(Cl)cccc1NC(=O)CSc1ccccn1. The average molecular weight is 293 g/mol. The van der Waals surface area contributed by atoms with Crippen molar-refractivity contribution in [3.05, 3.63) is 53.2 Å². The molecule has 0 aliphatic rings. The topological polar surface area (TPSA) is 42.0 Å². The minimum atomic E-state index is -0.0685. The van der Waals surface area contributed by atoms with Crippen LogP contribution in [0, 0.1) is 6.92 Å². The Morgan fingerprint density at radius 1 is 1.32 bits per heavy atom. The van der Waals surface area contributed by atoms with Gasteiger partial charge in [-0.1, -0.05) is 35.5 Å². The molecule has 2 aromatic rings. The molecule has 0 aliphatic carbocycles. The van der Waals surface area contributed by atoms with Crippen molar-refractivity contribution in [2.45, 2.75) is 11.9 Å². The number of nitrogens with zero attached hydrogens (tertiary/aromatic N) is 1. The summed E-state index contributed by atoms with van der Waals surface area (Å²) in [6, 6.07) is 11.1. The lowest BCUT2D eigenvalue weighted by Gasteiger charge is -2.09. The van der Waals surface area contributed by atoms with Gasteiger partial charge < -0.3 is 5.32 Å². The highest BCUT2D eigenvalue weighted by molar-refractivity contribution is 7.99. The highest BCUT2D eigenvalue weighted by Gasteiger charge is 2.07. The molecule has 0 bridgehead atoms. The number of rotatable bonds is 4. The van der Waals surface area contributed by atoms with E-state index in [-0.39, 0.29) is 5.91 Å². The van der Waals surface area contributed by atoms with Gasteiger partial charge in [-0.05, 0) is 36.8 Å². The van der Waals surface area contributed by atoms with E-state index >= 15 is 0 Å². The first-order valence-corrected chi connectivity index (χ1v) is 7.12. The monoisotopic (exact) mass is 292 g/mol. The normalized spacial score (nSPS) is 10.2. The van der Waals surface area contributed by atoms with Crippen LogP contribution < -0.4 is 5.32 Å². The van der Waals surface area contributed by atoms with Crippen LogP contribution in [-0.2, 0) is 4.79 Å². The summed E-state index contributed by atoms with van der Waals surface area (Å²) in [5, 5.41) is 4.33. The maximum atomic E-state index is 11.8. The Bertz CT molecular complexity index is 575. The summed E-state index contributed by atoms with van der Waals surface area (Å²) in [5.74, 6) is 0.254. The van der Waals surface area contributed by atoms with E-state index in [0.29, 0.717) is 10.8 Å². The van der Waals surface area contributed by atoms with E-state index in [4.69, 9.17) is 11.6 Å². The van der Waals surface area contributed by atoms with E-state index < -0.39 is 0 Å². The number of carbonyl (C=O) groups is 1. The van der Waals surface area contributed by atoms with Crippen molar-refractivity contribution in [3.63, 3.8) is 0 Å². The molecule has 1 aromatic heterocycles. The minimum Gasteiger partial charge on any atom is -0.325 e. The lowest BCUT2D eigenvalue weighted by Crippen LogP contribution is -2.14. The Morgan fingerprint density at radius 3 is 2.89 bits per heavy atom. The number of hydrogen-bond donors (Lipinski definition) is 1. The summed E-state index contributed by atoms with van der Waals surface area (Å²) in [6.07, 6.45) is 1.71. The van der Waals surface area contributed by atoms with Gasteiger partial charge in [0.1, 0.15) is 0 Å². The molecule has 0 spiro atoms. The number of benzene rings is 1. The van der Waals surface area contributed by atoms with Crippen LogP contribution in [-0.4, -0.2) is 16.6 Å². The molecule has 0 saturated carbocycles. The summed E-state index contributed by atoms with van der Waals surface area (Å²) in [7, 11) is 0. The molecule has 0 saturated heterocycles. The van der Waals surface area contributed by atoms with Crippen LogP contribution >= 0.6 is 23.4 Å². The van der Waals surface area contributed by atoms with Gasteiger partial charge in [0.05, 0.1) is 10.8 Å². The van der Waals surface area contributed by atoms with E-state index in [0.717, 1.165) is 16.3 Å². The number of hydrogen-bond acceptors (Lipinski definition) is 3. The summed E-state index contributed by atoms with van der Waals surface area (Å²) < 4.78 is 0. The Labute approximate surface area is 121 Å². The molecule has 1 N–H and O–H groups in total. The molecule has 0 radical (unpaired) electrons. The molecule has 5 heteroatoms. The number of halogens is 1. The molecule has 98 valence electrons. The van der Waals surface area contributed by atoms with Gasteiger partial charge in [-0.25, -0.2) is 4.98 Å². The highest BCUT2D eigenvalue weighted by Crippen LogP contribution is 2.23. The Balaban J connectivity index is 1.93. The zero-order valence-electron chi connectivity index (χ0n) is 10.4. The van der Waals surface area contributed by atoms with Crippen LogP contribution in [0.5, 0.6) is 0 Å². The predicted molar refractivity (Wildman–Crippen MR) is 79.8 cm³/mol. The second-order valence-electron chi connectivity index (χ2n) is 3.92. The van der Waals surface area contributed by atoms with Crippen LogP contribution in [0.3, 0.4) is 0 Å². The largest absolute Gasteiger partial charge is 0.325 e. The Hall–Kier alpha value is -1.52. The number of amides is 1. The fourth-order valence-electron chi connectivity index (χ4n) is 1.50. The van der Waals surface area contributed by atoms with E-state index in [1.54, 1.807) is 12.3 Å². The van der Waals surface area contributed by atoms with Crippen molar-refractivity contribution in [2.24, 2.45) is 0 Å². The molecule has 1 heterocycles. The first kappa shape index (κ1) is 13.9. The number of anilines is 1. The van der Waals surface area contributed by atoms with Crippen molar-refractivity contribution in [1.82, 2.24) is 4.98 Å². The summed E-state index contributed by atoms with van der Waals surface area (Å²) in [5.41, 5.74) is 1.62. The van der Waals surface area contributed by atoms with E-state index in [9.17, 15) is 4.79 Å². The molecule has 1 aromatic carbocycles. The first-order chi connectivity index (χ1) is 9.16. The zero-order chi connectivity index (χ0) is 13.7. The van der Waals surface area contributed by atoms with Gasteiger partial charge in [0.15, 0.2) is 0 Å². The molecule has 2 rings (SSSR count). The number of pyridine rings is 1. The van der Waals surface area contributed by atoms with Crippen LogP contribution in [0.4, 0.5) is 5.69 Å². The highest BCUT2D eigenvalue weighted by atomic mass is 35.5. The first-order valence-electron chi connectivity index (χ1n) is 5.75. The van der Waals surface area contributed by atoms with Crippen LogP contribution in [0.1, 0.15) is 5.56 Å². The number of nitrogens with one attached hydrogen (secondary N) is 1. The molecule has 3 nitrogen and oxygen atoms in total. The second-order valence-corrected chi connectivity index (χ2v) is 5.32. The lowest BCUT2D eigenvalue weighted by molar-refractivity contribution is -0.113. The van der Waals surface area contributed by atoms with Crippen LogP contribution in [0.15, 0.2) is 47.6 Å². The maximum Gasteiger partial charge on any atom is 0.234 e. The summed E-state index contributed by atoms with van der Waals surface area (Å²) in [4.78, 5) is 16.0. The molecule has 0 aliphatic heterocycles. The molecular weight excluding hydrogens is 280 g/mol. The minimum absolute atomic E-state index is 0.0685. The van der Waals surface area contributed by atoms with Gasteiger partial charge in [0.25, 0.3) is 0 Å². The van der Waals surface area contributed by atoms with Crippen molar-refractivity contribution >= 4 is 35.0 Å². The maximum absolute atomic E-state index is 11.8. The molecule has 19 heavy (non-hydrogen) atoms. The fraction of sp³-hybridized carbons (Fsp3) is 0.143. The molecule has 1 amide bonds. The third-order valence-corrected chi connectivity index (χ3v) is 3.88. The van der Waals surface area contributed by atoms with Gasteiger partial charge in [0, 0.05) is 16.9 Å². The van der Waals surface area contributed by atoms with Gasteiger partial charge in [-0.2, -0.15) is 0 Å². The predicted octanol–water partition coefficient (Wildman–Crippen LogP) is 3.77. The Kier molecular flexibility index (Phi) is 4.82. The van der Waals surface area contributed by atoms with Gasteiger partial charge >= 0.3 is 0 Å². The van der Waals surface area contributed by atoms with Crippen molar-refractivity contribution < 1.29 is 4.79 Å². The van der Waals surface area contributed by atoms with Gasteiger partial charge in [0.2, 0.25) is 5.91 Å². The molecular formula is C14H13ClN2OS. The zero-order valence-corrected chi connectivity index (χ0v) is 12.0. The molecule has 0 atom stereocenters. The van der Waals surface area contributed by atoms with Crippen molar-refractivity contribution in [1.29, 1.82) is 0 Å². The number of thioether (sulfide) groups is 1. The molecule has 0 unspecified atom stereocenters. The quantitative estimate of drug-likeness (QED) is 0.872. The van der Waals surface area contributed by atoms with Crippen molar-refractivity contribution in [3.8, 4) is 0 Å². The fourth-order valence-corrected chi connectivity index (χ4v) is 2.34. The number of aromatic nitrogens is 1.